The van der Waals surface area contributed by atoms with E-state index in [-0.39, 0.29) is 17.6 Å². The average Bonchev–Trinajstić information content (AvgIpc) is 2.83. The van der Waals surface area contributed by atoms with E-state index in [1.165, 1.54) is 12.1 Å². The molecule has 4 nitrogen and oxygen atoms in total. The molecule has 1 unspecified atom stereocenters. The van der Waals surface area contributed by atoms with Gasteiger partial charge in [0.2, 0.25) is 5.91 Å². The number of aromatic nitrogens is 1. The van der Waals surface area contributed by atoms with Gasteiger partial charge in [-0.15, -0.1) is 0 Å². The zero-order valence-corrected chi connectivity index (χ0v) is 17.1. The lowest BCUT2D eigenvalue weighted by atomic mass is 9.89. The van der Waals surface area contributed by atoms with E-state index in [4.69, 9.17) is 0 Å². The first kappa shape index (κ1) is 20.7. The lowest BCUT2D eigenvalue weighted by molar-refractivity contribution is -0.127. The van der Waals surface area contributed by atoms with Crippen LogP contribution in [0.1, 0.15) is 28.8 Å². The molecule has 1 saturated heterocycles. The van der Waals surface area contributed by atoms with Gasteiger partial charge in [0.25, 0.3) is 0 Å². The van der Waals surface area contributed by atoms with Gasteiger partial charge in [-0.05, 0) is 42.2 Å². The molecule has 0 bridgehead atoms. The molecule has 1 aliphatic rings. The summed E-state index contributed by atoms with van der Waals surface area (Å²) in [5.74, 6) is -0.995. The van der Waals surface area contributed by atoms with Crippen LogP contribution < -0.4 is 0 Å². The fourth-order valence-corrected chi connectivity index (χ4v) is 3.89. The van der Waals surface area contributed by atoms with Gasteiger partial charge in [0.1, 0.15) is 5.82 Å². The summed E-state index contributed by atoms with van der Waals surface area (Å²) in [6.07, 6.45) is 8.02. The summed E-state index contributed by atoms with van der Waals surface area (Å²) in [6.45, 7) is 0.957. The lowest BCUT2D eigenvalue weighted by Gasteiger charge is -2.31. The fraction of sp³-hybridized carbons (Fsp3) is 0.192. The normalized spacial score (nSPS) is 16.4. The number of piperidine rings is 1. The highest BCUT2D eigenvalue weighted by atomic mass is 19.1. The molecular weight excluding hydrogens is 391 g/mol. The Morgan fingerprint density at radius 1 is 1.06 bits per heavy atom. The molecule has 0 N–H and O–H groups in total. The number of carbonyl (C=O) groups is 2. The summed E-state index contributed by atoms with van der Waals surface area (Å²) in [6, 6.07) is 17.6. The van der Waals surface area contributed by atoms with Crippen LogP contribution in [0.3, 0.4) is 0 Å². The number of halogens is 1. The zero-order valence-electron chi connectivity index (χ0n) is 17.1. The van der Waals surface area contributed by atoms with Crippen molar-refractivity contribution in [1.82, 2.24) is 9.88 Å². The number of benzene rings is 2. The predicted octanol–water partition coefficient (Wildman–Crippen LogP) is 5.02. The quantitative estimate of drug-likeness (QED) is 0.435. The molecule has 4 rings (SSSR count). The Labute approximate surface area is 181 Å². The summed E-state index contributed by atoms with van der Waals surface area (Å²) < 4.78 is 14.7. The van der Waals surface area contributed by atoms with Gasteiger partial charge in [-0.2, -0.15) is 0 Å². The summed E-state index contributed by atoms with van der Waals surface area (Å²) in [5, 5.41) is 0. The van der Waals surface area contributed by atoms with Gasteiger partial charge in [-0.1, -0.05) is 48.5 Å². The molecule has 0 aliphatic carbocycles. The Morgan fingerprint density at radius 3 is 2.65 bits per heavy atom. The standard InChI is InChI=1S/C26H23FN2O2/c27-24-16-21(11-12-23(24)20-7-2-1-3-8-20)26(31)22-9-5-15-29(18-22)25(30)13-10-19-6-4-14-28-17-19/h1-4,6-8,10-14,16-17,22H,5,9,15,18H2/b13-10+. The highest BCUT2D eigenvalue weighted by Crippen LogP contribution is 2.26. The van der Waals surface area contributed by atoms with E-state index in [0.717, 1.165) is 17.5 Å². The summed E-state index contributed by atoms with van der Waals surface area (Å²) in [5.41, 5.74) is 2.43. The minimum absolute atomic E-state index is 0.118. The molecule has 1 aromatic heterocycles. The Hall–Kier alpha value is -3.60. The Kier molecular flexibility index (Phi) is 6.32. The molecule has 31 heavy (non-hydrogen) atoms. The molecule has 1 amide bonds. The molecule has 2 heterocycles. The third kappa shape index (κ3) is 4.94. The molecule has 0 radical (unpaired) electrons. The number of pyridine rings is 1. The van der Waals surface area contributed by atoms with E-state index >= 15 is 0 Å². The molecule has 3 aromatic rings. The minimum atomic E-state index is -0.416. The van der Waals surface area contributed by atoms with Gasteiger partial charge in [-0.25, -0.2) is 4.39 Å². The van der Waals surface area contributed by atoms with Crippen molar-refractivity contribution >= 4 is 17.8 Å². The number of rotatable bonds is 5. The smallest absolute Gasteiger partial charge is 0.246 e. The van der Waals surface area contributed by atoms with Crippen LogP contribution in [0.4, 0.5) is 4.39 Å². The second kappa shape index (κ2) is 9.47. The van der Waals surface area contributed by atoms with Crippen LogP contribution in [0.5, 0.6) is 0 Å². The van der Waals surface area contributed by atoms with Crippen molar-refractivity contribution in [2.45, 2.75) is 12.8 Å². The molecule has 0 spiro atoms. The highest BCUT2D eigenvalue weighted by Gasteiger charge is 2.28. The van der Waals surface area contributed by atoms with Gasteiger partial charge in [0.05, 0.1) is 0 Å². The largest absolute Gasteiger partial charge is 0.338 e. The van der Waals surface area contributed by atoms with Gasteiger partial charge >= 0.3 is 0 Å². The zero-order chi connectivity index (χ0) is 21.6. The molecule has 2 aromatic carbocycles. The molecule has 0 saturated carbocycles. The second-order valence-corrected chi connectivity index (χ2v) is 7.67. The number of hydrogen-bond donors (Lipinski definition) is 0. The van der Waals surface area contributed by atoms with E-state index in [9.17, 15) is 14.0 Å². The van der Waals surface area contributed by atoms with E-state index in [1.54, 1.807) is 35.5 Å². The molecule has 1 aliphatic heterocycles. The van der Waals surface area contributed by atoms with Crippen molar-refractivity contribution in [3.8, 4) is 11.1 Å². The van der Waals surface area contributed by atoms with E-state index in [2.05, 4.69) is 4.98 Å². The van der Waals surface area contributed by atoms with Gasteiger partial charge in [0, 0.05) is 48.6 Å². The summed E-state index contributed by atoms with van der Waals surface area (Å²) in [4.78, 5) is 31.3. The summed E-state index contributed by atoms with van der Waals surface area (Å²) in [7, 11) is 0. The lowest BCUT2D eigenvalue weighted by Crippen LogP contribution is -2.41. The Morgan fingerprint density at radius 2 is 1.90 bits per heavy atom. The van der Waals surface area contributed by atoms with Gasteiger partial charge in [-0.3, -0.25) is 14.6 Å². The van der Waals surface area contributed by atoms with Crippen molar-refractivity contribution in [2.75, 3.05) is 13.1 Å². The fourth-order valence-electron chi connectivity index (χ4n) is 3.89. The third-order valence-corrected chi connectivity index (χ3v) is 5.55. The van der Waals surface area contributed by atoms with Crippen LogP contribution in [0.15, 0.2) is 79.1 Å². The van der Waals surface area contributed by atoms with E-state index in [0.29, 0.717) is 30.6 Å². The number of likely N-dealkylation sites (tertiary alicyclic amines) is 1. The first-order valence-corrected chi connectivity index (χ1v) is 10.4. The van der Waals surface area contributed by atoms with E-state index in [1.807, 2.05) is 42.5 Å². The average molecular weight is 414 g/mol. The Balaban J connectivity index is 1.44. The Bertz CT molecular complexity index is 1100. The van der Waals surface area contributed by atoms with Gasteiger partial charge < -0.3 is 4.90 Å². The topological polar surface area (TPSA) is 50.3 Å². The number of Topliss-reactive ketones (excluding diaryl/α,β-unsaturated/α-hetero) is 1. The van der Waals surface area contributed by atoms with Crippen LogP contribution >= 0.6 is 0 Å². The number of hydrogen-bond acceptors (Lipinski definition) is 3. The minimum Gasteiger partial charge on any atom is -0.338 e. The van der Waals surface area contributed by atoms with Crippen LogP contribution in [-0.2, 0) is 4.79 Å². The molecular formula is C26H23FN2O2. The van der Waals surface area contributed by atoms with Crippen LogP contribution in [0.25, 0.3) is 17.2 Å². The highest BCUT2D eigenvalue weighted by molar-refractivity contribution is 5.99. The van der Waals surface area contributed by atoms with Crippen molar-refractivity contribution in [3.05, 3.63) is 96.1 Å². The van der Waals surface area contributed by atoms with E-state index < -0.39 is 5.82 Å². The number of nitrogens with zero attached hydrogens (tertiary/aromatic N) is 2. The maximum absolute atomic E-state index is 14.7. The van der Waals surface area contributed by atoms with Gasteiger partial charge in [0.15, 0.2) is 5.78 Å². The number of amides is 1. The first-order valence-electron chi connectivity index (χ1n) is 10.4. The number of ketones is 1. The molecule has 1 fully saturated rings. The van der Waals surface area contributed by atoms with Crippen LogP contribution in [-0.4, -0.2) is 34.7 Å². The van der Waals surface area contributed by atoms with Crippen molar-refractivity contribution in [3.63, 3.8) is 0 Å². The maximum atomic E-state index is 14.7. The monoisotopic (exact) mass is 414 g/mol. The third-order valence-electron chi connectivity index (χ3n) is 5.55. The van der Waals surface area contributed by atoms with Crippen LogP contribution in [0.2, 0.25) is 0 Å². The molecule has 156 valence electrons. The van der Waals surface area contributed by atoms with Crippen molar-refractivity contribution < 1.29 is 14.0 Å². The molecule has 1 atom stereocenters. The van der Waals surface area contributed by atoms with Crippen molar-refractivity contribution in [1.29, 1.82) is 0 Å². The number of carbonyl (C=O) groups excluding carboxylic acids is 2. The SMILES string of the molecule is O=C(c1ccc(-c2ccccc2)c(F)c1)C1CCCN(C(=O)/C=C/c2cccnc2)C1. The van der Waals surface area contributed by atoms with Crippen LogP contribution in [0, 0.1) is 11.7 Å². The first-order chi connectivity index (χ1) is 15.1. The maximum Gasteiger partial charge on any atom is 0.246 e. The molecule has 5 heteroatoms. The predicted molar refractivity (Wildman–Crippen MR) is 119 cm³/mol. The van der Waals surface area contributed by atoms with Crippen molar-refractivity contribution in [2.24, 2.45) is 5.92 Å². The summed E-state index contributed by atoms with van der Waals surface area (Å²) >= 11 is 0. The second-order valence-electron chi connectivity index (χ2n) is 7.67.